The normalized spacial score (nSPS) is 12.5. The zero-order valence-electron chi connectivity index (χ0n) is 18.1. The van der Waals surface area contributed by atoms with Gasteiger partial charge in [0.1, 0.15) is 16.4 Å². The lowest BCUT2D eigenvalue weighted by Crippen LogP contribution is -2.26. The third-order valence-electron chi connectivity index (χ3n) is 5.14. The van der Waals surface area contributed by atoms with Gasteiger partial charge in [-0.05, 0) is 60.7 Å². The molecule has 0 amide bonds. The van der Waals surface area contributed by atoms with Gasteiger partial charge in [-0.2, -0.15) is 0 Å². The van der Waals surface area contributed by atoms with E-state index in [1.165, 1.54) is 25.3 Å². The van der Waals surface area contributed by atoms with Gasteiger partial charge in [-0.25, -0.2) is 13.1 Å². The SMILES string of the molecule is COc1ccc(C(C)C)cc1S(=O)(=O)NCCc1c(C)[nH]c2ccc(OC(F)(F)F)cc12. The Hall–Kier alpha value is -2.72. The number of hydrogen-bond donors (Lipinski definition) is 2. The molecule has 174 valence electrons. The minimum Gasteiger partial charge on any atom is -0.495 e. The highest BCUT2D eigenvalue weighted by Crippen LogP contribution is 2.31. The molecule has 3 aromatic rings. The molecule has 0 saturated heterocycles. The van der Waals surface area contributed by atoms with Gasteiger partial charge in [0.2, 0.25) is 10.0 Å². The van der Waals surface area contributed by atoms with Crippen molar-refractivity contribution in [3.63, 3.8) is 0 Å². The van der Waals surface area contributed by atoms with E-state index in [0.717, 1.165) is 11.3 Å². The van der Waals surface area contributed by atoms with E-state index in [2.05, 4.69) is 14.4 Å². The lowest BCUT2D eigenvalue weighted by Gasteiger charge is -2.14. The van der Waals surface area contributed by atoms with Crippen LogP contribution in [0.15, 0.2) is 41.3 Å². The van der Waals surface area contributed by atoms with Crippen molar-refractivity contribution in [1.29, 1.82) is 0 Å². The topological polar surface area (TPSA) is 80.4 Å². The van der Waals surface area contributed by atoms with Crippen molar-refractivity contribution in [1.82, 2.24) is 9.71 Å². The molecule has 0 aliphatic rings. The van der Waals surface area contributed by atoms with Crippen molar-refractivity contribution in [2.75, 3.05) is 13.7 Å². The Morgan fingerprint density at radius 2 is 1.84 bits per heavy atom. The standard InChI is InChI=1S/C22H25F3N2O4S/c1-13(2)15-5-8-20(30-4)21(11-15)32(28,29)26-10-9-17-14(3)27-19-7-6-16(12-18(17)19)31-22(23,24)25/h5-8,11-13,26-27H,9-10H2,1-4H3. The highest BCUT2D eigenvalue weighted by molar-refractivity contribution is 7.89. The maximum Gasteiger partial charge on any atom is 0.573 e. The largest absolute Gasteiger partial charge is 0.573 e. The van der Waals surface area contributed by atoms with Crippen LogP contribution < -0.4 is 14.2 Å². The molecule has 32 heavy (non-hydrogen) atoms. The number of benzene rings is 2. The van der Waals surface area contributed by atoms with Crippen molar-refractivity contribution < 1.29 is 31.1 Å². The van der Waals surface area contributed by atoms with Crippen LogP contribution in [0.4, 0.5) is 13.2 Å². The summed E-state index contributed by atoms with van der Waals surface area (Å²) in [5, 5.41) is 0.544. The third-order valence-corrected chi connectivity index (χ3v) is 6.62. The molecule has 0 saturated carbocycles. The van der Waals surface area contributed by atoms with Gasteiger partial charge >= 0.3 is 6.36 Å². The molecule has 1 heterocycles. The number of halogens is 3. The smallest absolute Gasteiger partial charge is 0.495 e. The Morgan fingerprint density at radius 3 is 2.47 bits per heavy atom. The molecule has 3 rings (SSSR count). The number of nitrogens with one attached hydrogen (secondary N) is 2. The predicted molar refractivity (Wildman–Crippen MR) is 116 cm³/mol. The molecule has 0 bridgehead atoms. The van der Waals surface area contributed by atoms with Crippen LogP contribution in [0.5, 0.6) is 11.5 Å². The average Bonchev–Trinajstić information content (AvgIpc) is 3.01. The summed E-state index contributed by atoms with van der Waals surface area (Å²) in [6.07, 6.45) is -4.52. The van der Waals surface area contributed by atoms with Crippen molar-refractivity contribution in [2.45, 2.75) is 44.4 Å². The average molecular weight is 471 g/mol. The van der Waals surface area contributed by atoms with E-state index in [0.29, 0.717) is 16.5 Å². The fourth-order valence-electron chi connectivity index (χ4n) is 3.53. The van der Waals surface area contributed by atoms with E-state index in [1.807, 2.05) is 19.9 Å². The third kappa shape index (κ3) is 5.36. The second-order valence-electron chi connectivity index (χ2n) is 7.70. The zero-order valence-corrected chi connectivity index (χ0v) is 18.9. The fraction of sp³-hybridized carbons (Fsp3) is 0.364. The minimum atomic E-state index is -4.79. The molecule has 10 heteroatoms. The summed E-state index contributed by atoms with van der Waals surface area (Å²) >= 11 is 0. The van der Waals surface area contributed by atoms with E-state index in [4.69, 9.17) is 4.74 Å². The van der Waals surface area contributed by atoms with Gasteiger partial charge in [0.05, 0.1) is 7.11 Å². The molecule has 2 aromatic carbocycles. The predicted octanol–water partition coefficient (Wildman–Crippen LogP) is 5.03. The molecule has 0 fully saturated rings. The highest BCUT2D eigenvalue weighted by atomic mass is 32.2. The molecule has 0 spiro atoms. The molecular weight excluding hydrogens is 445 g/mol. The molecule has 0 unspecified atom stereocenters. The van der Waals surface area contributed by atoms with Gasteiger partial charge in [-0.1, -0.05) is 19.9 Å². The summed E-state index contributed by atoms with van der Waals surface area (Å²) < 4.78 is 75.3. The monoisotopic (exact) mass is 470 g/mol. The van der Waals surface area contributed by atoms with E-state index < -0.39 is 16.4 Å². The minimum absolute atomic E-state index is 0.0442. The summed E-state index contributed by atoms with van der Waals surface area (Å²) in [6.45, 7) is 5.75. The Bertz CT molecular complexity index is 1220. The van der Waals surface area contributed by atoms with Crippen LogP contribution in [0.3, 0.4) is 0 Å². The van der Waals surface area contributed by atoms with Crippen LogP contribution in [0.2, 0.25) is 0 Å². The molecule has 0 aliphatic heterocycles. The summed E-state index contributed by atoms with van der Waals surface area (Å²) in [6, 6.07) is 9.05. The van der Waals surface area contributed by atoms with Gasteiger partial charge in [-0.3, -0.25) is 0 Å². The number of rotatable bonds is 8. The van der Waals surface area contributed by atoms with Crippen LogP contribution >= 0.6 is 0 Å². The van der Waals surface area contributed by atoms with E-state index in [-0.39, 0.29) is 35.3 Å². The van der Waals surface area contributed by atoms with E-state index >= 15 is 0 Å². The number of sulfonamides is 1. The number of aryl methyl sites for hydroxylation is 1. The number of ether oxygens (including phenoxy) is 2. The molecule has 1 aromatic heterocycles. The van der Waals surface area contributed by atoms with Crippen LogP contribution in [-0.2, 0) is 16.4 Å². The second kappa shape index (κ2) is 9.03. The van der Waals surface area contributed by atoms with Crippen LogP contribution in [0, 0.1) is 6.92 Å². The van der Waals surface area contributed by atoms with Crippen LogP contribution in [0.25, 0.3) is 10.9 Å². The molecule has 2 N–H and O–H groups in total. The van der Waals surface area contributed by atoms with Gasteiger partial charge < -0.3 is 14.5 Å². The quantitative estimate of drug-likeness (QED) is 0.484. The van der Waals surface area contributed by atoms with Crippen molar-refractivity contribution in [2.24, 2.45) is 0 Å². The maximum absolute atomic E-state index is 12.9. The van der Waals surface area contributed by atoms with Crippen LogP contribution in [0.1, 0.15) is 36.6 Å². The molecule has 0 aliphatic carbocycles. The highest BCUT2D eigenvalue weighted by Gasteiger charge is 2.31. The lowest BCUT2D eigenvalue weighted by atomic mass is 10.0. The number of alkyl halides is 3. The first kappa shape index (κ1) is 23.9. The molecule has 6 nitrogen and oxygen atoms in total. The van der Waals surface area contributed by atoms with E-state index in [1.54, 1.807) is 19.1 Å². The van der Waals surface area contributed by atoms with Gasteiger partial charge in [0.15, 0.2) is 0 Å². The number of H-pyrrole nitrogens is 1. The van der Waals surface area contributed by atoms with Crippen molar-refractivity contribution in [3.05, 3.63) is 53.2 Å². The van der Waals surface area contributed by atoms with Crippen molar-refractivity contribution >= 4 is 20.9 Å². The number of aromatic nitrogens is 1. The maximum atomic E-state index is 12.9. The summed E-state index contributed by atoms with van der Waals surface area (Å²) in [5.74, 6) is 0.0389. The van der Waals surface area contributed by atoms with Crippen LogP contribution in [-0.4, -0.2) is 33.4 Å². The Morgan fingerprint density at radius 1 is 1.12 bits per heavy atom. The summed E-state index contributed by atoms with van der Waals surface area (Å²) in [4.78, 5) is 3.14. The second-order valence-corrected chi connectivity index (χ2v) is 9.43. The number of hydrogen-bond acceptors (Lipinski definition) is 4. The molecule has 0 atom stereocenters. The zero-order chi connectivity index (χ0) is 23.7. The Kier molecular flexibility index (Phi) is 6.75. The van der Waals surface area contributed by atoms with E-state index in [9.17, 15) is 21.6 Å². The first-order valence-corrected chi connectivity index (χ1v) is 11.4. The molecule has 0 radical (unpaired) electrons. The number of fused-ring (bicyclic) bond motifs is 1. The number of aromatic amines is 1. The summed E-state index contributed by atoms with van der Waals surface area (Å²) in [5.41, 5.74) is 2.94. The van der Waals surface area contributed by atoms with Crippen molar-refractivity contribution in [3.8, 4) is 11.5 Å². The summed E-state index contributed by atoms with van der Waals surface area (Å²) in [7, 11) is -2.47. The Labute approximate surface area is 184 Å². The van der Waals surface area contributed by atoms with Gasteiger partial charge in [-0.15, -0.1) is 13.2 Å². The first-order chi connectivity index (χ1) is 14.9. The lowest BCUT2D eigenvalue weighted by molar-refractivity contribution is -0.274. The van der Waals surface area contributed by atoms with Gasteiger partial charge in [0, 0.05) is 23.1 Å². The Balaban J connectivity index is 1.82. The van der Waals surface area contributed by atoms with Gasteiger partial charge in [0.25, 0.3) is 0 Å². The fourth-order valence-corrected chi connectivity index (χ4v) is 4.77. The molecular formula is C22H25F3N2O4S. The number of methoxy groups -OCH3 is 1. The first-order valence-electron chi connectivity index (χ1n) is 9.96.